The van der Waals surface area contributed by atoms with Crippen LogP contribution in [-0.2, 0) is 17.3 Å². The van der Waals surface area contributed by atoms with Gasteiger partial charge < -0.3 is 6.53 Å². The topological polar surface area (TPSA) is 54.4 Å². The summed E-state index contributed by atoms with van der Waals surface area (Å²) >= 11 is 2.83. The van der Waals surface area contributed by atoms with Gasteiger partial charge in [0.15, 0.2) is 12.5 Å². The van der Waals surface area contributed by atoms with Crippen LogP contribution in [0.2, 0.25) is 0 Å². The van der Waals surface area contributed by atoms with E-state index < -0.39 is 5.97 Å². The van der Waals surface area contributed by atoms with Crippen molar-refractivity contribution in [3.63, 3.8) is 0 Å². The summed E-state index contributed by atoms with van der Waals surface area (Å²) in [7, 11) is 0. The zero-order valence-electron chi connectivity index (χ0n) is 6.75. The molecule has 0 aromatic heterocycles. The van der Waals surface area contributed by atoms with Crippen molar-refractivity contribution < 1.29 is 66.9 Å². The summed E-state index contributed by atoms with van der Waals surface area (Å²) in [6.07, 6.45) is 0. The standard InChI is InChI=1S/C4H8O2.K.OS.H/c1-3(2)4(5)6;;1-2;/h3H,1-2H3,(H,5,6);;;/q;+1;;-1. The minimum atomic E-state index is -0.741. The molecule has 50 valence electrons. The van der Waals surface area contributed by atoms with Crippen molar-refractivity contribution in [1.82, 2.24) is 0 Å². The molecule has 0 atom stereocenters. The van der Waals surface area contributed by atoms with Gasteiger partial charge in [-0.3, -0.25) is 4.79 Å². The predicted octanol–water partition coefficient (Wildman–Crippen LogP) is -2.49. The minimum absolute atomic E-state index is 0. The molecular weight excluding hydrogens is 167 g/mol. The Morgan fingerprint density at radius 3 is 1.67 bits per heavy atom. The van der Waals surface area contributed by atoms with E-state index in [0.29, 0.717) is 0 Å². The molecule has 0 rings (SSSR count). The largest absolute Gasteiger partial charge is 1.00 e. The second-order valence-corrected chi connectivity index (χ2v) is 1.49. The van der Waals surface area contributed by atoms with Crippen LogP contribution in [0.25, 0.3) is 0 Å². The maximum atomic E-state index is 9.70. The molecule has 0 fully saturated rings. The summed E-state index contributed by atoms with van der Waals surface area (Å²) in [5.74, 6) is -0.972. The van der Waals surface area contributed by atoms with Crippen molar-refractivity contribution in [1.29, 1.82) is 0 Å². The Kier molecular flexibility index (Phi) is 21.9. The van der Waals surface area contributed by atoms with E-state index >= 15 is 0 Å². The quantitative estimate of drug-likeness (QED) is 0.449. The van der Waals surface area contributed by atoms with Crippen LogP contribution in [0, 0.1) is 5.92 Å². The Labute approximate surface area is 104 Å². The number of carboxylic acid groups (broad SMARTS) is 1. The molecule has 0 unspecified atom stereocenters. The average Bonchev–Trinajstić information content (AvgIpc) is 1.72. The molecular formula is C4H9KO3S. The second kappa shape index (κ2) is 11.9. The van der Waals surface area contributed by atoms with Crippen molar-refractivity contribution in [3.05, 3.63) is 0 Å². The zero-order chi connectivity index (χ0) is 7.15. The van der Waals surface area contributed by atoms with Crippen LogP contribution in [0.4, 0.5) is 0 Å². The zero-order valence-corrected chi connectivity index (χ0v) is 9.69. The summed E-state index contributed by atoms with van der Waals surface area (Å²) in [6, 6.07) is 0. The molecule has 1 N–H and O–H groups in total. The van der Waals surface area contributed by atoms with Gasteiger partial charge in [0.1, 0.15) is 0 Å². The maximum absolute atomic E-state index is 9.70. The van der Waals surface area contributed by atoms with Crippen LogP contribution in [0.3, 0.4) is 0 Å². The van der Waals surface area contributed by atoms with Gasteiger partial charge >= 0.3 is 57.4 Å². The van der Waals surface area contributed by atoms with E-state index in [2.05, 4.69) is 12.5 Å². The van der Waals surface area contributed by atoms with Crippen molar-refractivity contribution >= 4 is 18.5 Å². The molecule has 0 bridgehead atoms. The third-order valence-corrected chi connectivity index (χ3v) is 0.494. The maximum Gasteiger partial charge on any atom is 1.00 e. The number of carbonyl (C=O) groups is 1. The summed E-state index contributed by atoms with van der Waals surface area (Å²) < 4.78 is 7.83. The second-order valence-electron chi connectivity index (χ2n) is 1.49. The van der Waals surface area contributed by atoms with Crippen LogP contribution in [0.5, 0.6) is 0 Å². The Balaban J connectivity index is -0.0000000412. The van der Waals surface area contributed by atoms with Crippen LogP contribution in [0.15, 0.2) is 0 Å². The summed E-state index contributed by atoms with van der Waals surface area (Å²) in [6.45, 7) is 3.28. The van der Waals surface area contributed by atoms with Crippen LogP contribution >= 0.6 is 0 Å². The Morgan fingerprint density at radius 1 is 1.56 bits per heavy atom. The van der Waals surface area contributed by atoms with Gasteiger partial charge in [-0.2, -0.15) is 4.21 Å². The Bertz CT molecular complexity index is 80.9. The van der Waals surface area contributed by atoms with Gasteiger partial charge in [-0.25, -0.2) is 0 Å². The molecule has 0 saturated carbocycles. The Hall–Kier alpha value is 1.13. The van der Waals surface area contributed by atoms with Gasteiger partial charge in [0.25, 0.3) is 0 Å². The third-order valence-electron chi connectivity index (χ3n) is 0.494. The SMILES string of the molecule is CC(C)C(=O)O.O=S.[H-].[K+]. The molecule has 0 aliphatic carbocycles. The van der Waals surface area contributed by atoms with Crippen molar-refractivity contribution in [2.45, 2.75) is 13.8 Å². The number of rotatable bonds is 1. The fourth-order valence-electron chi connectivity index (χ4n) is 0. The average molecular weight is 176 g/mol. The molecule has 0 aromatic carbocycles. The summed E-state index contributed by atoms with van der Waals surface area (Å²) in [5, 5.41) is 7.99. The third kappa shape index (κ3) is 17.6. The molecule has 0 aromatic rings. The minimum Gasteiger partial charge on any atom is -1.00 e. The first-order chi connectivity index (χ1) is 3.64. The molecule has 3 nitrogen and oxygen atoms in total. The van der Waals surface area contributed by atoms with Gasteiger partial charge in [-0.15, -0.1) is 0 Å². The molecule has 0 aliphatic rings. The molecule has 0 heterocycles. The van der Waals surface area contributed by atoms with Crippen LogP contribution < -0.4 is 51.4 Å². The van der Waals surface area contributed by atoms with Gasteiger partial charge in [0.2, 0.25) is 0 Å². The van der Waals surface area contributed by atoms with Gasteiger partial charge in [0, 0.05) is 0 Å². The molecule has 0 amide bonds. The van der Waals surface area contributed by atoms with Gasteiger partial charge in [-0.05, 0) is 0 Å². The van der Waals surface area contributed by atoms with Crippen LogP contribution in [-0.4, -0.2) is 15.3 Å². The van der Waals surface area contributed by atoms with Crippen molar-refractivity contribution in [3.8, 4) is 0 Å². The van der Waals surface area contributed by atoms with Crippen molar-refractivity contribution in [2.75, 3.05) is 0 Å². The van der Waals surface area contributed by atoms with E-state index in [0.717, 1.165) is 0 Å². The van der Waals surface area contributed by atoms with E-state index in [-0.39, 0.29) is 58.7 Å². The fourth-order valence-corrected chi connectivity index (χ4v) is 0. The molecule has 0 aliphatic heterocycles. The molecule has 0 saturated heterocycles. The van der Waals surface area contributed by atoms with E-state index in [1.54, 1.807) is 13.8 Å². The number of hydrogen-bond acceptors (Lipinski definition) is 3. The van der Waals surface area contributed by atoms with Crippen molar-refractivity contribution in [2.24, 2.45) is 5.92 Å². The summed E-state index contributed by atoms with van der Waals surface area (Å²) in [4.78, 5) is 9.70. The number of carboxylic acids is 1. The van der Waals surface area contributed by atoms with E-state index in [1.165, 1.54) is 0 Å². The monoisotopic (exact) mass is 176 g/mol. The van der Waals surface area contributed by atoms with Gasteiger partial charge in [0.05, 0.1) is 5.92 Å². The summed E-state index contributed by atoms with van der Waals surface area (Å²) in [5.41, 5.74) is 0. The molecule has 5 heteroatoms. The number of hydrogen-bond donors (Lipinski definition) is 1. The molecule has 9 heavy (non-hydrogen) atoms. The molecule has 0 radical (unpaired) electrons. The smallest absolute Gasteiger partial charge is 1.00 e. The first kappa shape index (κ1) is 16.6. The number of aliphatic carboxylic acids is 1. The fraction of sp³-hybridized carbons (Fsp3) is 0.750. The first-order valence-electron chi connectivity index (χ1n) is 2.04. The van der Waals surface area contributed by atoms with Crippen LogP contribution in [0.1, 0.15) is 15.3 Å². The van der Waals surface area contributed by atoms with E-state index in [4.69, 9.17) is 9.32 Å². The molecule has 0 spiro atoms. The normalized spacial score (nSPS) is 6.56. The predicted molar refractivity (Wildman–Crippen MR) is 31.7 cm³/mol. The van der Waals surface area contributed by atoms with E-state index in [9.17, 15) is 4.79 Å². The first-order valence-corrected chi connectivity index (χ1v) is 2.37. The van der Waals surface area contributed by atoms with E-state index in [1.807, 2.05) is 0 Å². The van der Waals surface area contributed by atoms with Gasteiger partial charge in [-0.1, -0.05) is 13.8 Å². The Morgan fingerprint density at radius 2 is 1.67 bits per heavy atom.